The van der Waals surface area contributed by atoms with Gasteiger partial charge in [0.15, 0.2) is 0 Å². The number of amides is 1. The normalized spacial score (nSPS) is 15.8. The Morgan fingerprint density at radius 3 is 2.62 bits per heavy atom. The number of carbonyl (C=O) groups is 1. The van der Waals surface area contributed by atoms with E-state index in [1.54, 1.807) is 11.8 Å². The zero-order valence-corrected chi connectivity index (χ0v) is 12.6. The van der Waals surface area contributed by atoms with Gasteiger partial charge in [0.05, 0.1) is 19.8 Å². The highest BCUT2D eigenvalue weighted by Crippen LogP contribution is 2.25. The largest absolute Gasteiger partial charge is 0.492 e. The molecule has 0 unspecified atom stereocenters. The molecule has 0 bridgehead atoms. The number of sulfonamides is 1. The minimum Gasteiger partial charge on any atom is -0.492 e. The first-order valence-corrected chi connectivity index (χ1v) is 8.14. The van der Waals surface area contributed by atoms with Gasteiger partial charge in [0.25, 0.3) is 5.91 Å². The standard InChI is InChI=1S/C13H18N2O5S/c1-2-20-11-4-3-10(9-12(11)21(14,17)18)13(16)15-5-7-19-8-6-15/h3-4,9H,2,5-8H2,1H3,(H2,14,17,18). The number of benzene rings is 1. The van der Waals surface area contributed by atoms with Gasteiger partial charge in [0.1, 0.15) is 10.6 Å². The maximum Gasteiger partial charge on any atom is 0.254 e. The number of primary sulfonamides is 1. The third-order valence-electron chi connectivity index (χ3n) is 3.10. The first-order valence-electron chi connectivity index (χ1n) is 6.60. The van der Waals surface area contributed by atoms with E-state index in [1.165, 1.54) is 18.2 Å². The summed E-state index contributed by atoms with van der Waals surface area (Å²) < 4.78 is 33.7. The number of hydrogen-bond acceptors (Lipinski definition) is 5. The van der Waals surface area contributed by atoms with Gasteiger partial charge in [-0.15, -0.1) is 0 Å². The van der Waals surface area contributed by atoms with Crippen molar-refractivity contribution in [1.82, 2.24) is 4.90 Å². The van der Waals surface area contributed by atoms with Crippen LogP contribution >= 0.6 is 0 Å². The lowest BCUT2D eigenvalue weighted by molar-refractivity contribution is 0.0302. The van der Waals surface area contributed by atoms with Crippen molar-refractivity contribution in [3.63, 3.8) is 0 Å². The quantitative estimate of drug-likeness (QED) is 0.856. The summed E-state index contributed by atoms with van der Waals surface area (Å²) in [5.41, 5.74) is 0.268. The molecule has 0 spiro atoms. The molecule has 2 rings (SSSR count). The Hall–Kier alpha value is -1.64. The van der Waals surface area contributed by atoms with Crippen molar-refractivity contribution in [2.45, 2.75) is 11.8 Å². The second-order valence-corrected chi connectivity index (χ2v) is 6.07. The molecule has 1 fully saturated rings. The molecule has 0 aromatic heterocycles. The highest BCUT2D eigenvalue weighted by atomic mass is 32.2. The molecular formula is C13H18N2O5S. The Morgan fingerprint density at radius 1 is 1.38 bits per heavy atom. The van der Waals surface area contributed by atoms with E-state index in [0.717, 1.165) is 0 Å². The number of nitrogens with two attached hydrogens (primary N) is 1. The number of carbonyl (C=O) groups excluding carboxylic acids is 1. The molecule has 8 heteroatoms. The number of morpholine rings is 1. The van der Waals surface area contributed by atoms with Gasteiger partial charge in [-0.05, 0) is 25.1 Å². The summed E-state index contributed by atoms with van der Waals surface area (Å²) in [5.74, 6) is -0.0928. The minimum atomic E-state index is -3.96. The van der Waals surface area contributed by atoms with Crippen molar-refractivity contribution >= 4 is 15.9 Å². The maximum atomic E-state index is 12.3. The first kappa shape index (κ1) is 15.7. The summed E-state index contributed by atoms with van der Waals surface area (Å²) in [7, 11) is -3.96. The van der Waals surface area contributed by atoms with Gasteiger partial charge < -0.3 is 14.4 Å². The predicted molar refractivity (Wildman–Crippen MR) is 75.7 cm³/mol. The van der Waals surface area contributed by atoms with E-state index < -0.39 is 10.0 Å². The van der Waals surface area contributed by atoms with Gasteiger partial charge in [0.2, 0.25) is 10.0 Å². The summed E-state index contributed by atoms with van der Waals surface area (Å²) in [4.78, 5) is 13.8. The van der Waals surface area contributed by atoms with Gasteiger partial charge in [-0.1, -0.05) is 0 Å². The van der Waals surface area contributed by atoms with E-state index in [2.05, 4.69) is 0 Å². The lowest BCUT2D eigenvalue weighted by Gasteiger charge is -2.27. The molecular weight excluding hydrogens is 296 g/mol. The fourth-order valence-electron chi connectivity index (χ4n) is 2.09. The molecule has 116 valence electrons. The topological polar surface area (TPSA) is 98.9 Å². The monoisotopic (exact) mass is 314 g/mol. The molecule has 1 aliphatic rings. The molecule has 1 aromatic carbocycles. The zero-order valence-electron chi connectivity index (χ0n) is 11.7. The maximum absolute atomic E-state index is 12.3. The minimum absolute atomic E-state index is 0.151. The van der Waals surface area contributed by atoms with Crippen LogP contribution in [0.15, 0.2) is 23.1 Å². The molecule has 1 saturated heterocycles. The fourth-order valence-corrected chi connectivity index (χ4v) is 2.79. The van der Waals surface area contributed by atoms with E-state index in [-0.39, 0.29) is 22.1 Å². The lowest BCUT2D eigenvalue weighted by Crippen LogP contribution is -2.40. The smallest absolute Gasteiger partial charge is 0.254 e. The van der Waals surface area contributed by atoms with Crippen LogP contribution in [0, 0.1) is 0 Å². The van der Waals surface area contributed by atoms with E-state index in [1.807, 2.05) is 0 Å². The van der Waals surface area contributed by atoms with Gasteiger partial charge in [-0.3, -0.25) is 4.79 Å². The molecule has 0 atom stereocenters. The van der Waals surface area contributed by atoms with E-state index in [0.29, 0.717) is 32.9 Å². The number of ether oxygens (including phenoxy) is 2. The first-order chi connectivity index (χ1) is 9.93. The van der Waals surface area contributed by atoms with Gasteiger partial charge in [-0.25, -0.2) is 13.6 Å². The molecule has 1 aliphatic heterocycles. The van der Waals surface area contributed by atoms with Crippen LogP contribution in [0.1, 0.15) is 17.3 Å². The summed E-state index contributed by atoms with van der Waals surface area (Å²) in [6.45, 7) is 3.96. The van der Waals surface area contributed by atoms with Crippen molar-refractivity contribution < 1.29 is 22.7 Å². The van der Waals surface area contributed by atoms with Crippen molar-refractivity contribution in [2.24, 2.45) is 5.14 Å². The molecule has 0 saturated carbocycles. The Bertz CT molecular complexity index is 623. The number of nitrogens with zero attached hydrogens (tertiary/aromatic N) is 1. The van der Waals surface area contributed by atoms with Gasteiger partial charge in [0, 0.05) is 18.7 Å². The van der Waals surface area contributed by atoms with E-state index >= 15 is 0 Å². The summed E-state index contributed by atoms with van der Waals surface area (Å²) in [6, 6.07) is 4.26. The van der Waals surface area contributed by atoms with Crippen LogP contribution in [-0.2, 0) is 14.8 Å². The molecule has 7 nitrogen and oxygen atoms in total. The Morgan fingerprint density at radius 2 is 2.05 bits per heavy atom. The molecule has 1 amide bonds. The van der Waals surface area contributed by atoms with Crippen LogP contribution in [0.4, 0.5) is 0 Å². The Labute approximate surface area is 123 Å². The zero-order chi connectivity index (χ0) is 15.5. The molecule has 1 heterocycles. The molecule has 2 N–H and O–H groups in total. The van der Waals surface area contributed by atoms with Crippen LogP contribution in [0.25, 0.3) is 0 Å². The molecule has 21 heavy (non-hydrogen) atoms. The third-order valence-corrected chi connectivity index (χ3v) is 4.03. The second-order valence-electron chi connectivity index (χ2n) is 4.54. The SMILES string of the molecule is CCOc1ccc(C(=O)N2CCOCC2)cc1S(N)(=O)=O. The second kappa shape index (κ2) is 6.42. The average molecular weight is 314 g/mol. The molecule has 0 radical (unpaired) electrons. The van der Waals surface area contributed by atoms with Gasteiger partial charge >= 0.3 is 0 Å². The van der Waals surface area contributed by atoms with Crippen LogP contribution in [0.3, 0.4) is 0 Å². The van der Waals surface area contributed by atoms with E-state index in [4.69, 9.17) is 14.6 Å². The highest BCUT2D eigenvalue weighted by molar-refractivity contribution is 7.89. The Balaban J connectivity index is 2.34. The third kappa shape index (κ3) is 3.72. The van der Waals surface area contributed by atoms with Crippen molar-refractivity contribution in [1.29, 1.82) is 0 Å². The van der Waals surface area contributed by atoms with E-state index in [9.17, 15) is 13.2 Å². The molecule has 0 aliphatic carbocycles. The van der Waals surface area contributed by atoms with Crippen molar-refractivity contribution in [3.8, 4) is 5.75 Å². The predicted octanol–water partition coefficient (Wildman–Crippen LogP) is 0.205. The van der Waals surface area contributed by atoms with Crippen LogP contribution in [0.2, 0.25) is 0 Å². The summed E-state index contributed by atoms with van der Waals surface area (Å²) >= 11 is 0. The number of rotatable bonds is 4. The summed E-state index contributed by atoms with van der Waals surface area (Å²) in [6.07, 6.45) is 0. The van der Waals surface area contributed by atoms with Crippen molar-refractivity contribution in [2.75, 3.05) is 32.9 Å². The van der Waals surface area contributed by atoms with Crippen LogP contribution in [0.5, 0.6) is 5.75 Å². The van der Waals surface area contributed by atoms with Crippen molar-refractivity contribution in [3.05, 3.63) is 23.8 Å². The van der Waals surface area contributed by atoms with Crippen LogP contribution in [-0.4, -0.2) is 52.1 Å². The average Bonchev–Trinajstić information content (AvgIpc) is 2.47. The highest BCUT2D eigenvalue weighted by Gasteiger charge is 2.22. The van der Waals surface area contributed by atoms with Crippen LogP contribution < -0.4 is 9.88 Å². The number of hydrogen-bond donors (Lipinski definition) is 1. The fraction of sp³-hybridized carbons (Fsp3) is 0.462. The lowest BCUT2D eigenvalue weighted by atomic mass is 10.2. The summed E-state index contributed by atoms with van der Waals surface area (Å²) in [5, 5.41) is 5.18. The Kier molecular flexibility index (Phi) is 4.81. The molecule has 1 aromatic rings. The van der Waals surface area contributed by atoms with Gasteiger partial charge in [-0.2, -0.15) is 0 Å².